The standard InChI is InChI=1S/C16H38O3Si2/c1-16(2,15-20(3,4)13-9-7-11-17)19-21(5,6)14-10-8-12-18/h17-18H,7-15H2,1-6H3. The molecule has 0 saturated carbocycles. The van der Waals surface area contributed by atoms with Crippen LogP contribution in [0.25, 0.3) is 0 Å². The number of rotatable bonds is 12. The van der Waals surface area contributed by atoms with E-state index in [0.29, 0.717) is 13.2 Å². The Kier molecular flexibility index (Phi) is 9.59. The van der Waals surface area contributed by atoms with Gasteiger partial charge in [0.25, 0.3) is 0 Å². The minimum Gasteiger partial charge on any atom is -0.413 e. The van der Waals surface area contributed by atoms with Crippen LogP contribution < -0.4 is 0 Å². The first-order chi connectivity index (χ1) is 9.54. The lowest BCUT2D eigenvalue weighted by Gasteiger charge is -2.39. The Hall–Kier alpha value is 0.314. The lowest BCUT2D eigenvalue weighted by atomic mass is 10.2. The summed E-state index contributed by atoms with van der Waals surface area (Å²) in [6, 6.07) is 3.58. The van der Waals surface area contributed by atoms with Gasteiger partial charge in [-0.15, -0.1) is 0 Å². The molecule has 21 heavy (non-hydrogen) atoms. The van der Waals surface area contributed by atoms with E-state index in [1.165, 1.54) is 12.1 Å². The summed E-state index contributed by atoms with van der Waals surface area (Å²) in [5.74, 6) is 0. The molecule has 0 aliphatic rings. The van der Waals surface area contributed by atoms with E-state index in [9.17, 15) is 0 Å². The summed E-state index contributed by atoms with van der Waals surface area (Å²) in [5, 5.41) is 17.8. The third-order valence-electron chi connectivity index (χ3n) is 3.91. The summed E-state index contributed by atoms with van der Waals surface area (Å²) in [6.45, 7) is 14.6. The van der Waals surface area contributed by atoms with Crippen molar-refractivity contribution in [3.63, 3.8) is 0 Å². The maximum atomic E-state index is 8.93. The van der Waals surface area contributed by atoms with Crippen molar-refractivity contribution in [2.24, 2.45) is 0 Å². The maximum Gasteiger partial charge on any atom is 0.187 e. The molecule has 0 bridgehead atoms. The molecule has 0 aromatic heterocycles. The molecule has 0 spiro atoms. The summed E-state index contributed by atoms with van der Waals surface area (Å²) in [7, 11) is -2.91. The Morgan fingerprint density at radius 1 is 0.810 bits per heavy atom. The Balaban J connectivity index is 4.38. The van der Waals surface area contributed by atoms with Gasteiger partial charge < -0.3 is 14.6 Å². The second kappa shape index (κ2) is 9.45. The summed E-state index contributed by atoms with van der Waals surface area (Å²) in [4.78, 5) is 0. The van der Waals surface area contributed by atoms with E-state index in [0.717, 1.165) is 31.7 Å². The predicted molar refractivity (Wildman–Crippen MR) is 97.2 cm³/mol. The average molecular weight is 335 g/mol. The molecule has 0 aliphatic carbocycles. The third-order valence-corrected chi connectivity index (χ3v) is 10.1. The van der Waals surface area contributed by atoms with E-state index >= 15 is 0 Å². The molecule has 0 rings (SSSR count). The minimum absolute atomic E-state index is 0.0378. The van der Waals surface area contributed by atoms with Crippen molar-refractivity contribution in [2.75, 3.05) is 13.2 Å². The van der Waals surface area contributed by atoms with Crippen molar-refractivity contribution in [1.82, 2.24) is 0 Å². The summed E-state index contributed by atoms with van der Waals surface area (Å²) >= 11 is 0. The molecule has 0 unspecified atom stereocenters. The lowest BCUT2D eigenvalue weighted by molar-refractivity contribution is 0.118. The van der Waals surface area contributed by atoms with Crippen LogP contribution in [0, 0.1) is 0 Å². The van der Waals surface area contributed by atoms with E-state index in [-0.39, 0.29) is 5.60 Å². The molecule has 0 fully saturated rings. The van der Waals surface area contributed by atoms with Gasteiger partial charge in [-0.2, -0.15) is 0 Å². The third kappa shape index (κ3) is 11.5. The molecular formula is C16H38O3Si2. The zero-order valence-corrected chi connectivity index (χ0v) is 17.2. The van der Waals surface area contributed by atoms with Gasteiger partial charge in [-0.25, -0.2) is 0 Å². The Morgan fingerprint density at radius 2 is 1.29 bits per heavy atom. The fraction of sp³-hybridized carbons (Fsp3) is 1.00. The van der Waals surface area contributed by atoms with Gasteiger partial charge in [0.1, 0.15) is 0 Å². The van der Waals surface area contributed by atoms with Crippen LogP contribution in [-0.4, -0.2) is 45.4 Å². The summed E-state index contributed by atoms with van der Waals surface area (Å²) < 4.78 is 6.56. The van der Waals surface area contributed by atoms with Gasteiger partial charge in [-0.05, 0) is 51.9 Å². The van der Waals surface area contributed by atoms with Crippen LogP contribution >= 0.6 is 0 Å². The van der Waals surface area contributed by atoms with Gasteiger partial charge in [0, 0.05) is 18.8 Å². The predicted octanol–water partition coefficient (Wildman–Crippen LogP) is 4.24. The number of hydrogen-bond donors (Lipinski definition) is 2. The first kappa shape index (κ1) is 21.3. The highest BCUT2D eigenvalue weighted by atomic mass is 28.4. The van der Waals surface area contributed by atoms with E-state index in [4.69, 9.17) is 14.6 Å². The highest BCUT2D eigenvalue weighted by Gasteiger charge is 2.35. The SMILES string of the molecule is CC(C)(C[Si](C)(C)CCCCO)O[Si](C)(C)CCCCO. The second-order valence-electron chi connectivity index (χ2n) is 8.32. The fourth-order valence-corrected chi connectivity index (χ4v) is 10.1. The van der Waals surface area contributed by atoms with Crippen molar-refractivity contribution in [3.05, 3.63) is 0 Å². The Bertz CT molecular complexity index is 253. The van der Waals surface area contributed by atoms with Gasteiger partial charge in [0.15, 0.2) is 8.32 Å². The monoisotopic (exact) mass is 334 g/mol. The molecule has 128 valence electrons. The normalized spacial score (nSPS) is 13.7. The Morgan fingerprint density at radius 3 is 1.76 bits per heavy atom. The van der Waals surface area contributed by atoms with E-state index in [1.807, 2.05) is 0 Å². The number of unbranched alkanes of at least 4 members (excludes halogenated alkanes) is 2. The highest BCUT2D eigenvalue weighted by Crippen LogP contribution is 2.32. The van der Waals surface area contributed by atoms with E-state index in [2.05, 4.69) is 40.0 Å². The van der Waals surface area contributed by atoms with Gasteiger partial charge in [0.05, 0.1) is 8.07 Å². The van der Waals surface area contributed by atoms with Gasteiger partial charge in [-0.1, -0.05) is 32.0 Å². The molecule has 0 heterocycles. The highest BCUT2D eigenvalue weighted by molar-refractivity contribution is 6.77. The van der Waals surface area contributed by atoms with E-state index in [1.54, 1.807) is 0 Å². The number of aliphatic hydroxyl groups is 2. The minimum atomic E-state index is -1.64. The van der Waals surface area contributed by atoms with Crippen molar-refractivity contribution in [3.8, 4) is 0 Å². The zero-order chi connectivity index (χ0) is 16.6. The molecular weight excluding hydrogens is 296 g/mol. The average Bonchev–Trinajstić information content (AvgIpc) is 2.25. The van der Waals surface area contributed by atoms with Gasteiger partial charge in [0.2, 0.25) is 0 Å². The lowest BCUT2D eigenvalue weighted by Crippen LogP contribution is -2.45. The van der Waals surface area contributed by atoms with E-state index < -0.39 is 16.4 Å². The van der Waals surface area contributed by atoms with Crippen LogP contribution in [0.5, 0.6) is 0 Å². The van der Waals surface area contributed by atoms with Crippen LogP contribution in [-0.2, 0) is 4.43 Å². The molecule has 0 aliphatic heterocycles. The topological polar surface area (TPSA) is 49.7 Å². The number of hydrogen-bond acceptors (Lipinski definition) is 3. The second-order valence-corrected chi connectivity index (χ2v) is 17.7. The molecule has 0 saturated heterocycles. The first-order valence-electron chi connectivity index (χ1n) is 8.45. The number of aliphatic hydroxyl groups excluding tert-OH is 2. The van der Waals surface area contributed by atoms with Crippen LogP contribution in [0.1, 0.15) is 39.5 Å². The van der Waals surface area contributed by atoms with Crippen molar-refractivity contribution in [1.29, 1.82) is 0 Å². The molecule has 0 aromatic carbocycles. The smallest absolute Gasteiger partial charge is 0.187 e. The Labute approximate surface area is 134 Å². The van der Waals surface area contributed by atoms with Crippen molar-refractivity contribution in [2.45, 2.75) is 89.5 Å². The van der Waals surface area contributed by atoms with Crippen LogP contribution in [0.15, 0.2) is 0 Å². The van der Waals surface area contributed by atoms with Gasteiger partial charge in [-0.3, -0.25) is 0 Å². The zero-order valence-electron chi connectivity index (χ0n) is 15.2. The van der Waals surface area contributed by atoms with Crippen molar-refractivity contribution < 1.29 is 14.6 Å². The van der Waals surface area contributed by atoms with Gasteiger partial charge >= 0.3 is 0 Å². The summed E-state index contributed by atoms with van der Waals surface area (Å²) in [6.07, 6.45) is 4.03. The largest absolute Gasteiger partial charge is 0.413 e. The summed E-state index contributed by atoms with van der Waals surface area (Å²) in [5.41, 5.74) is -0.0378. The molecule has 0 aromatic rings. The fourth-order valence-electron chi connectivity index (χ4n) is 3.45. The van der Waals surface area contributed by atoms with Crippen molar-refractivity contribution >= 4 is 16.4 Å². The van der Waals surface area contributed by atoms with Crippen LogP contribution in [0.2, 0.25) is 44.3 Å². The van der Waals surface area contributed by atoms with Crippen LogP contribution in [0.3, 0.4) is 0 Å². The molecule has 0 radical (unpaired) electrons. The molecule has 0 atom stereocenters. The molecule has 3 nitrogen and oxygen atoms in total. The van der Waals surface area contributed by atoms with Crippen LogP contribution in [0.4, 0.5) is 0 Å². The maximum absolute atomic E-state index is 8.93. The first-order valence-corrected chi connectivity index (χ1v) is 15.0. The molecule has 2 N–H and O–H groups in total. The molecule has 5 heteroatoms. The quantitative estimate of drug-likeness (QED) is 0.414. The molecule has 0 amide bonds.